The van der Waals surface area contributed by atoms with E-state index in [1.807, 2.05) is 11.0 Å². The predicted molar refractivity (Wildman–Crippen MR) is 161 cm³/mol. The SMILES string of the molecule is CCOC(=O)C1[C@@H]2C[C@H]3[C@@H]4CCC5=CC(=O)C=C[C@]5(C)[C@H]4[C@@H](O)C[C@]3(C)[C@]2(C(=O)CO)CN1C(=S)NC1CCCCC1. The lowest BCUT2D eigenvalue weighted by atomic mass is 9.44. The Hall–Kier alpha value is -2.10. The minimum Gasteiger partial charge on any atom is -0.464 e. The van der Waals surface area contributed by atoms with E-state index in [1.165, 1.54) is 6.42 Å². The third-order valence-electron chi connectivity index (χ3n) is 12.5. The highest BCUT2D eigenvalue weighted by atomic mass is 32.1. The molecule has 42 heavy (non-hydrogen) atoms. The molecule has 0 spiro atoms. The van der Waals surface area contributed by atoms with Gasteiger partial charge < -0.3 is 25.2 Å². The van der Waals surface area contributed by atoms with Gasteiger partial charge in [-0.3, -0.25) is 9.59 Å². The number of aliphatic hydroxyl groups excluding tert-OH is 2. The van der Waals surface area contributed by atoms with Gasteiger partial charge in [0, 0.05) is 29.8 Å². The summed E-state index contributed by atoms with van der Waals surface area (Å²) in [4.78, 5) is 42.0. The number of ether oxygens (including phenoxy) is 1. The molecule has 8 nitrogen and oxygen atoms in total. The Labute approximate surface area is 254 Å². The third kappa shape index (κ3) is 4.20. The van der Waals surface area contributed by atoms with Gasteiger partial charge in [-0.15, -0.1) is 0 Å². The van der Waals surface area contributed by atoms with Crippen LogP contribution in [-0.4, -0.2) is 75.7 Å². The molecule has 1 unspecified atom stereocenters. The first-order chi connectivity index (χ1) is 20.0. The molecule has 9 heteroatoms. The first-order valence-corrected chi connectivity index (χ1v) is 16.4. The van der Waals surface area contributed by atoms with Crippen molar-refractivity contribution in [3.63, 3.8) is 0 Å². The van der Waals surface area contributed by atoms with Crippen LogP contribution in [0.1, 0.15) is 78.6 Å². The van der Waals surface area contributed by atoms with E-state index in [0.29, 0.717) is 18.0 Å². The average molecular weight is 599 g/mol. The molecular formula is C33H46N2O6S. The Kier molecular flexibility index (Phi) is 7.71. The van der Waals surface area contributed by atoms with Gasteiger partial charge in [-0.25, -0.2) is 4.79 Å². The van der Waals surface area contributed by atoms with Gasteiger partial charge in [0.2, 0.25) is 0 Å². The fourth-order valence-corrected chi connectivity index (χ4v) is 11.1. The Morgan fingerprint density at radius 3 is 2.60 bits per heavy atom. The smallest absolute Gasteiger partial charge is 0.329 e. The molecular weight excluding hydrogens is 552 g/mol. The number of hydrogen-bond acceptors (Lipinski definition) is 7. The van der Waals surface area contributed by atoms with Crippen molar-refractivity contribution in [2.24, 2.45) is 39.9 Å². The second-order valence-corrected chi connectivity index (χ2v) is 14.6. The van der Waals surface area contributed by atoms with Crippen molar-refractivity contribution in [1.82, 2.24) is 10.2 Å². The highest BCUT2D eigenvalue weighted by Crippen LogP contribution is 2.73. The van der Waals surface area contributed by atoms with Gasteiger partial charge in [-0.2, -0.15) is 0 Å². The molecule has 6 aliphatic rings. The van der Waals surface area contributed by atoms with Gasteiger partial charge in [-0.05, 0) is 87.1 Å². The van der Waals surface area contributed by atoms with Crippen LogP contribution in [0.3, 0.4) is 0 Å². The molecule has 1 saturated heterocycles. The first kappa shape index (κ1) is 29.9. The fraction of sp³-hybridized carbons (Fsp3) is 0.758. The van der Waals surface area contributed by atoms with Gasteiger partial charge >= 0.3 is 5.97 Å². The number of aliphatic hydroxyl groups is 2. The molecule has 9 atom stereocenters. The van der Waals surface area contributed by atoms with E-state index < -0.39 is 40.9 Å². The number of nitrogens with one attached hydrogen (secondary N) is 1. The van der Waals surface area contributed by atoms with Gasteiger partial charge in [0.25, 0.3) is 0 Å². The van der Waals surface area contributed by atoms with Crippen LogP contribution in [0.5, 0.6) is 0 Å². The number of allylic oxidation sites excluding steroid dienone is 4. The summed E-state index contributed by atoms with van der Waals surface area (Å²) in [7, 11) is 0. The third-order valence-corrected chi connectivity index (χ3v) is 12.9. The molecule has 0 radical (unpaired) electrons. The quantitative estimate of drug-likeness (QED) is 0.323. The van der Waals surface area contributed by atoms with Crippen molar-refractivity contribution in [3.8, 4) is 0 Å². The number of hydrogen-bond donors (Lipinski definition) is 3. The number of thiocarbonyl (C=S) groups is 1. The lowest BCUT2D eigenvalue weighted by molar-refractivity contribution is -0.158. The van der Waals surface area contributed by atoms with Gasteiger partial charge in [-0.1, -0.05) is 44.8 Å². The van der Waals surface area contributed by atoms with E-state index in [0.717, 1.165) is 44.1 Å². The number of carbonyl (C=O) groups excluding carboxylic acids is 3. The summed E-state index contributed by atoms with van der Waals surface area (Å²) < 4.78 is 5.63. The van der Waals surface area contributed by atoms with E-state index in [1.54, 1.807) is 19.1 Å². The Morgan fingerprint density at radius 2 is 1.90 bits per heavy atom. The van der Waals surface area contributed by atoms with Crippen LogP contribution in [-0.2, 0) is 19.1 Å². The zero-order valence-electron chi connectivity index (χ0n) is 25.1. The maximum Gasteiger partial charge on any atom is 0.329 e. The molecule has 4 saturated carbocycles. The number of rotatable bonds is 5. The molecule has 0 bridgehead atoms. The van der Waals surface area contributed by atoms with E-state index in [-0.39, 0.29) is 54.5 Å². The summed E-state index contributed by atoms with van der Waals surface area (Å²) in [5, 5.41) is 26.4. The maximum absolute atomic E-state index is 14.1. The molecule has 3 N–H and O–H groups in total. The van der Waals surface area contributed by atoms with Crippen LogP contribution < -0.4 is 5.32 Å². The summed E-state index contributed by atoms with van der Waals surface area (Å²) in [5.74, 6) is -0.967. The summed E-state index contributed by atoms with van der Waals surface area (Å²) in [6.45, 7) is 5.87. The van der Waals surface area contributed by atoms with Crippen molar-refractivity contribution < 1.29 is 29.3 Å². The minimum absolute atomic E-state index is 0.00543. The second kappa shape index (κ2) is 10.8. The molecule has 5 fully saturated rings. The summed E-state index contributed by atoms with van der Waals surface area (Å²) >= 11 is 5.95. The molecule has 230 valence electrons. The number of esters is 1. The van der Waals surface area contributed by atoms with E-state index >= 15 is 0 Å². The average Bonchev–Trinajstić information content (AvgIpc) is 3.44. The number of Topliss-reactive ketones (excluding diaryl/α,β-unsaturated/α-hetero) is 1. The topological polar surface area (TPSA) is 116 Å². The minimum atomic E-state index is -1.05. The van der Waals surface area contributed by atoms with Crippen LogP contribution in [0.2, 0.25) is 0 Å². The number of likely N-dealkylation sites (tertiary alicyclic amines) is 1. The van der Waals surface area contributed by atoms with E-state index in [4.69, 9.17) is 17.0 Å². The number of carbonyl (C=O) groups is 3. The van der Waals surface area contributed by atoms with Gasteiger partial charge in [0.1, 0.15) is 12.6 Å². The fourth-order valence-electron chi connectivity index (χ4n) is 10.8. The largest absolute Gasteiger partial charge is 0.464 e. The van der Waals surface area contributed by atoms with Crippen molar-refractivity contribution in [2.75, 3.05) is 19.8 Å². The Bertz CT molecular complexity index is 1230. The standard InChI is InChI=1S/C33H46N2O6S/c1-4-41-29(40)28-24-15-23-22-11-10-19-14-21(37)12-13-31(19,2)27(22)25(38)16-32(23,3)33(24,26(39)17-36)18-35(28)30(42)34-20-8-6-5-7-9-20/h12-14,20,22-25,27-28,36,38H,4-11,15-18H2,1-3H3,(H,34,42)/t22-,23-,24-,25-,27+,28?,31-,32-,33+/m0/s1. The Morgan fingerprint density at radius 1 is 1.17 bits per heavy atom. The van der Waals surface area contributed by atoms with E-state index in [2.05, 4.69) is 19.2 Å². The predicted octanol–water partition coefficient (Wildman–Crippen LogP) is 3.49. The molecule has 0 aromatic rings. The molecule has 5 aliphatic carbocycles. The maximum atomic E-state index is 14.1. The summed E-state index contributed by atoms with van der Waals surface area (Å²) in [6.07, 6.45) is 12.8. The van der Waals surface area contributed by atoms with Crippen LogP contribution in [0.25, 0.3) is 0 Å². The van der Waals surface area contributed by atoms with Crippen molar-refractivity contribution >= 4 is 34.9 Å². The van der Waals surface area contributed by atoms with Crippen molar-refractivity contribution in [1.29, 1.82) is 0 Å². The second-order valence-electron chi connectivity index (χ2n) is 14.2. The lowest BCUT2D eigenvalue weighted by Gasteiger charge is -2.60. The summed E-state index contributed by atoms with van der Waals surface area (Å²) in [6, 6.07) is -0.496. The molecule has 6 rings (SSSR count). The monoisotopic (exact) mass is 598 g/mol. The number of nitrogens with zero attached hydrogens (tertiary/aromatic N) is 1. The highest BCUT2D eigenvalue weighted by Gasteiger charge is 2.76. The highest BCUT2D eigenvalue weighted by molar-refractivity contribution is 7.80. The number of fused-ring (bicyclic) bond motifs is 7. The van der Waals surface area contributed by atoms with Crippen molar-refractivity contribution in [2.45, 2.75) is 96.7 Å². The normalized spacial score (nSPS) is 42.6. The summed E-state index contributed by atoms with van der Waals surface area (Å²) in [5.41, 5.74) is -1.05. The van der Waals surface area contributed by atoms with Crippen LogP contribution in [0.4, 0.5) is 0 Å². The van der Waals surface area contributed by atoms with Crippen LogP contribution >= 0.6 is 12.2 Å². The zero-order chi connectivity index (χ0) is 30.0. The molecule has 0 aromatic heterocycles. The zero-order valence-corrected chi connectivity index (χ0v) is 26.0. The van der Waals surface area contributed by atoms with E-state index in [9.17, 15) is 24.6 Å². The van der Waals surface area contributed by atoms with Crippen LogP contribution in [0.15, 0.2) is 23.8 Å². The van der Waals surface area contributed by atoms with Gasteiger partial charge in [0.15, 0.2) is 16.7 Å². The van der Waals surface area contributed by atoms with Gasteiger partial charge in [0.05, 0.1) is 18.1 Å². The molecule has 0 amide bonds. The van der Waals surface area contributed by atoms with Crippen molar-refractivity contribution in [3.05, 3.63) is 23.8 Å². The molecule has 1 heterocycles. The molecule has 1 aliphatic heterocycles. The van der Waals surface area contributed by atoms with Crippen LogP contribution in [0, 0.1) is 39.9 Å². The lowest BCUT2D eigenvalue weighted by Crippen LogP contribution is -2.61. The first-order valence-electron chi connectivity index (χ1n) is 16.0. The number of ketones is 2. The molecule has 0 aromatic carbocycles. The Balaban J connectivity index is 1.40.